The molecule has 2 aromatic carbocycles. The summed E-state index contributed by atoms with van der Waals surface area (Å²) in [7, 11) is 0. The molecule has 0 aliphatic heterocycles. The normalized spacial score (nSPS) is 10.0. The summed E-state index contributed by atoms with van der Waals surface area (Å²) in [6, 6.07) is 13.9. The zero-order valence-electron chi connectivity index (χ0n) is 13.5. The van der Waals surface area contributed by atoms with Crippen molar-refractivity contribution in [1.29, 1.82) is 0 Å². The van der Waals surface area contributed by atoms with Crippen molar-refractivity contribution in [3.05, 3.63) is 54.1 Å². The summed E-state index contributed by atoms with van der Waals surface area (Å²) in [5, 5.41) is 5.24. The molecule has 0 aliphatic rings. The minimum Gasteiger partial charge on any atom is -0.494 e. The van der Waals surface area contributed by atoms with Gasteiger partial charge in [0.05, 0.1) is 6.61 Å². The molecular weight excluding hydrogens is 306 g/mol. The molecule has 3 amide bonds. The maximum Gasteiger partial charge on any atom is 0.316 e. The third-order valence-corrected chi connectivity index (χ3v) is 3.22. The van der Waals surface area contributed by atoms with Gasteiger partial charge in [-0.25, -0.2) is 4.79 Å². The van der Waals surface area contributed by atoms with Gasteiger partial charge in [0.25, 0.3) is 0 Å². The fourth-order valence-corrected chi connectivity index (χ4v) is 2.17. The number of hydrogen-bond donors (Lipinski definition) is 3. The molecule has 126 valence electrons. The van der Waals surface area contributed by atoms with Crippen LogP contribution in [0.2, 0.25) is 0 Å². The summed E-state index contributed by atoms with van der Waals surface area (Å²) in [6.45, 7) is 2.47. The highest BCUT2D eigenvalue weighted by Crippen LogP contribution is 2.16. The van der Waals surface area contributed by atoms with E-state index in [1.54, 1.807) is 24.3 Å². The molecular formula is C18H21N3O3. The van der Waals surface area contributed by atoms with Crippen LogP contribution < -0.4 is 21.1 Å². The largest absolute Gasteiger partial charge is 0.494 e. The standard InChI is InChI=1S/C18H21N3O3/c1-13-5-2-8-16(11-13)24-10-4-9-17(22)20-14-6-3-7-15(12-14)21-18(19)23/h2-3,5-8,11-12H,4,9-10H2,1H3,(H,20,22)(H3,19,21,23). The lowest BCUT2D eigenvalue weighted by molar-refractivity contribution is -0.116. The first-order valence-electron chi connectivity index (χ1n) is 7.69. The second-order valence-electron chi connectivity index (χ2n) is 5.39. The smallest absolute Gasteiger partial charge is 0.316 e. The van der Waals surface area contributed by atoms with Gasteiger partial charge in [0, 0.05) is 17.8 Å². The summed E-state index contributed by atoms with van der Waals surface area (Å²) in [4.78, 5) is 22.8. The monoisotopic (exact) mass is 327 g/mol. The van der Waals surface area contributed by atoms with Crippen molar-refractivity contribution in [1.82, 2.24) is 0 Å². The van der Waals surface area contributed by atoms with Crippen LogP contribution in [-0.4, -0.2) is 18.5 Å². The Hall–Kier alpha value is -3.02. The van der Waals surface area contributed by atoms with Crippen LogP contribution in [0.4, 0.5) is 16.2 Å². The van der Waals surface area contributed by atoms with Crippen molar-refractivity contribution >= 4 is 23.3 Å². The highest BCUT2D eigenvalue weighted by atomic mass is 16.5. The topological polar surface area (TPSA) is 93.4 Å². The Morgan fingerprint density at radius 2 is 1.75 bits per heavy atom. The minimum atomic E-state index is -0.647. The zero-order chi connectivity index (χ0) is 17.4. The van der Waals surface area contributed by atoms with E-state index in [2.05, 4.69) is 10.6 Å². The Bertz CT molecular complexity index is 716. The number of carbonyl (C=O) groups is 2. The molecule has 0 spiro atoms. The van der Waals surface area contributed by atoms with Crippen molar-refractivity contribution < 1.29 is 14.3 Å². The quantitative estimate of drug-likeness (QED) is 0.681. The maximum atomic E-state index is 11.9. The van der Waals surface area contributed by atoms with Gasteiger partial charge in [-0.15, -0.1) is 0 Å². The summed E-state index contributed by atoms with van der Waals surface area (Å²) >= 11 is 0. The maximum absolute atomic E-state index is 11.9. The number of urea groups is 1. The molecule has 0 aromatic heterocycles. The van der Waals surface area contributed by atoms with Gasteiger partial charge in [-0.3, -0.25) is 4.79 Å². The number of hydrogen-bond acceptors (Lipinski definition) is 3. The van der Waals surface area contributed by atoms with Crippen molar-refractivity contribution in [2.45, 2.75) is 19.8 Å². The summed E-state index contributed by atoms with van der Waals surface area (Å²) in [6.07, 6.45) is 0.957. The van der Waals surface area contributed by atoms with Crippen LogP contribution in [0.5, 0.6) is 5.75 Å². The van der Waals surface area contributed by atoms with E-state index in [0.717, 1.165) is 11.3 Å². The molecule has 0 bridgehead atoms. The average Bonchev–Trinajstić information content (AvgIpc) is 2.51. The second-order valence-corrected chi connectivity index (χ2v) is 5.39. The number of primary amides is 1. The van der Waals surface area contributed by atoms with Crippen LogP contribution in [0.15, 0.2) is 48.5 Å². The van der Waals surface area contributed by atoms with Gasteiger partial charge < -0.3 is 21.1 Å². The van der Waals surface area contributed by atoms with Crippen LogP contribution in [0.3, 0.4) is 0 Å². The van der Waals surface area contributed by atoms with Crippen LogP contribution in [0, 0.1) is 6.92 Å². The van der Waals surface area contributed by atoms with E-state index in [0.29, 0.717) is 30.8 Å². The number of anilines is 2. The summed E-state index contributed by atoms with van der Waals surface area (Å²) in [5.41, 5.74) is 7.33. The SMILES string of the molecule is Cc1cccc(OCCCC(=O)Nc2cccc(NC(N)=O)c2)c1. The molecule has 0 atom stereocenters. The highest BCUT2D eigenvalue weighted by Gasteiger charge is 2.04. The van der Waals surface area contributed by atoms with Crippen LogP contribution in [0.25, 0.3) is 0 Å². The second kappa shape index (κ2) is 8.57. The number of nitrogens with one attached hydrogen (secondary N) is 2. The molecule has 0 radical (unpaired) electrons. The van der Waals surface area contributed by atoms with Gasteiger partial charge in [0.2, 0.25) is 5.91 Å². The van der Waals surface area contributed by atoms with E-state index >= 15 is 0 Å². The molecule has 2 aromatic rings. The van der Waals surface area contributed by atoms with E-state index in [1.807, 2.05) is 31.2 Å². The Morgan fingerprint density at radius 1 is 1.04 bits per heavy atom. The molecule has 6 nitrogen and oxygen atoms in total. The molecule has 0 unspecified atom stereocenters. The molecule has 4 N–H and O–H groups in total. The number of rotatable bonds is 7. The number of nitrogens with two attached hydrogens (primary N) is 1. The van der Waals surface area contributed by atoms with Crippen LogP contribution >= 0.6 is 0 Å². The molecule has 2 rings (SSSR count). The highest BCUT2D eigenvalue weighted by molar-refractivity contribution is 5.93. The lowest BCUT2D eigenvalue weighted by Gasteiger charge is -2.09. The first-order chi connectivity index (χ1) is 11.5. The van der Waals surface area contributed by atoms with Gasteiger partial charge in [-0.2, -0.15) is 0 Å². The average molecular weight is 327 g/mol. The molecule has 0 saturated carbocycles. The minimum absolute atomic E-state index is 0.112. The third kappa shape index (κ3) is 6.00. The van der Waals surface area contributed by atoms with Gasteiger partial charge >= 0.3 is 6.03 Å². The molecule has 0 saturated heterocycles. The van der Waals surface area contributed by atoms with Crippen LogP contribution in [-0.2, 0) is 4.79 Å². The molecule has 6 heteroatoms. The van der Waals surface area contributed by atoms with Gasteiger partial charge in [0.1, 0.15) is 5.75 Å². The van der Waals surface area contributed by atoms with Gasteiger partial charge in [-0.05, 0) is 49.2 Å². The fourth-order valence-electron chi connectivity index (χ4n) is 2.17. The van der Waals surface area contributed by atoms with E-state index < -0.39 is 6.03 Å². The lowest BCUT2D eigenvalue weighted by atomic mass is 10.2. The summed E-state index contributed by atoms with van der Waals surface area (Å²) < 4.78 is 5.61. The van der Waals surface area contributed by atoms with E-state index in [9.17, 15) is 9.59 Å². The number of benzene rings is 2. The Labute approximate surface area is 141 Å². The molecule has 0 fully saturated rings. The van der Waals surface area contributed by atoms with Gasteiger partial charge in [-0.1, -0.05) is 18.2 Å². The molecule has 0 heterocycles. The third-order valence-electron chi connectivity index (χ3n) is 3.22. The van der Waals surface area contributed by atoms with Gasteiger partial charge in [0.15, 0.2) is 0 Å². The van der Waals surface area contributed by atoms with Crippen LogP contribution in [0.1, 0.15) is 18.4 Å². The van der Waals surface area contributed by atoms with Crippen molar-refractivity contribution in [3.8, 4) is 5.75 Å². The van der Waals surface area contributed by atoms with Crippen molar-refractivity contribution in [3.63, 3.8) is 0 Å². The Balaban J connectivity index is 1.74. The fraction of sp³-hybridized carbons (Fsp3) is 0.222. The predicted octanol–water partition coefficient (Wildman–Crippen LogP) is 3.28. The number of amides is 3. The number of carbonyl (C=O) groups excluding carboxylic acids is 2. The zero-order valence-corrected chi connectivity index (χ0v) is 13.5. The van der Waals surface area contributed by atoms with E-state index in [4.69, 9.17) is 10.5 Å². The summed E-state index contributed by atoms with van der Waals surface area (Å²) in [5.74, 6) is 0.694. The number of ether oxygens (including phenoxy) is 1. The lowest BCUT2D eigenvalue weighted by Crippen LogP contribution is -2.19. The van der Waals surface area contributed by atoms with E-state index in [1.165, 1.54) is 0 Å². The van der Waals surface area contributed by atoms with Crippen molar-refractivity contribution in [2.75, 3.05) is 17.2 Å². The molecule has 24 heavy (non-hydrogen) atoms. The Kier molecular flexibility index (Phi) is 6.19. The Morgan fingerprint density at radius 3 is 2.46 bits per heavy atom. The first kappa shape index (κ1) is 17.3. The first-order valence-corrected chi connectivity index (χ1v) is 7.69. The van der Waals surface area contributed by atoms with Crippen molar-refractivity contribution in [2.24, 2.45) is 5.73 Å². The number of aryl methyl sites for hydroxylation is 1. The van der Waals surface area contributed by atoms with E-state index in [-0.39, 0.29) is 5.91 Å². The molecule has 0 aliphatic carbocycles. The predicted molar refractivity (Wildman–Crippen MR) is 94.2 cm³/mol.